The minimum Gasteiger partial charge on any atom is -0.330 e. The molecule has 0 aromatic heterocycles. The number of nitrogens with zero attached hydrogens (tertiary/aromatic N) is 1. The van der Waals surface area contributed by atoms with Gasteiger partial charge in [0.1, 0.15) is 0 Å². The SMILES string of the molecule is CCC(=O)C1CCC(=O)N1C(C)C. The summed E-state index contributed by atoms with van der Waals surface area (Å²) in [7, 11) is 0. The molecule has 0 aromatic carbocycles. The second-order valence-electron chi connectivity index (χ2n) is 3.77. The van der Waals surface area contributed by atoms with E-state index in [4.69, 9.17) is 0 Å². The number of hydrogen-bond donors (Lipinski definition) is 0. The fourth-order valence-corrected chi connectivity index (χ4v) is 1.90. The largest absolute Gasteiger partial charge is 0.330 e. The van der Waals surface area contributed by atoms with Crippen LogP contribution in [0.5, 0.6) is 0 Å². The van der Waals surface area contributed by atoms with E-state index in [0.717, 1.165) is 0 Å². The van der Waals surface area contributed by atoms with Crippen LogP contribution in [-0.2, 0) is 9.59 Å². The molecule has 0 spiro atoms. The van der Waals surface area contributed by atoms with Gasteiger partial charge in [-0.25, -0.2) is 0 Å². The molecule has 3 heteroatoms. The van der Waals surface area contributed by atoms with Gasteiger partial charge in [-0.2, -0.15) is 0 Å². The lowest BCUT2D eigenvalue weighted by atomic mass is 10.1. The molecule has 1 aliphatic heterocycles. The van der Waals surface area contributed by atoms with Gasteiger partial charge in [0.15, 0.2) is 5.78 Å². The number of likely N-dealkylation sites (tertiary alicyclic amines) is 1. The van der Waals surface area contributed by atoms with Gasteiger partial charge in [-0.3, -0.25) is 9.59 Å². The van der Waals surface area contributed by atoms with Crippen LogP contribution in [0.25, 0.3) is 0 Å². The predicted molar refractivity (Wildman–Crippen MR) is 50.3 cm³/mol. The summed E-state index contributed by atoms with van der Waals surface area (Å²) in [5.74, 6) is 0.321. The maximum atomic E-state index is 11.5. The van der Waals surface area contributed by atoms with Gasteiger partial charge in [0.05, 0.1) is 6.04 Å². The fourth-order valence-electron chi connectivity index (χ4n) is 1.90. The number of ketones is 1. The number of Topliss-reactive ketones (excluding diaryl/α,β-unsaturated/α-hetero) is 1. The Labute approximate surface area is 79.1 Å². The van der Waals surface area contributed by atoms with Crippen molar-refractivity contribution in [3.63, 3.8) is 0 Å². The molecule has 0 aromatic rings. The van der Waals surface area contributed by atoms with Crippen molar-refractivity contribution in [1.29, 1.82) is 0 Å². The highest BCUT2D eigenvalue weighted by Crippen LogP contribution is 2.22. The molecule has 1 unspecified atom stereocenters. The van der Waals surface area contributed by atoms with Crippen LogP contribution >= 0.6 is 0 Å². The van der Waals surface area contributed by atoms with Crippen LogP contribution in [0.1, 0.15) is 40.0 Å². The van der Waals surface area contributed by atoms with Crippen molar-refractivity contribution in [2.45, 2.75) is 52.1 Å². The van der Waals surface area contributed by atoms with E-state index in [-0.39, 0.29) is 23.8 Å². The minimum absolute atomic E-state index is 0.127. The third-order valence-electron chi connectivity index (χ3n) is 2.53. The van der Waals surface area contributed by atoms with E-state index in [1.54, 1.807) is 4.90 Å². The van der Waals surface area contributed by atoms with E-state index in [1.165, 1.54) is 0 Å². The van der Waals surface area contributed by atoms with Gasteiger partial charge in [0.25, 0.3) is 0 Å². The van der Waals surface area contributed by atoms with Crippen molar-refractivity contribution in [2.75, 3.05) is 0 Å². The van der Waals surface area contributed by atoms with Gasteiger partial charge in [0.2, 0.25) is 5.91 Å². The second-order valence-corrected chi connectivity index (χ2v) is 3.77. The Morgan fingerprint density at radius 1 is 1.62 bits per heavy atom. The van der Waals surface area contributed by atoms with Crippen LogP contribution < -0.4 is 0 Å². The topological polar surface area (TPSA) is 37.4 Å². The fraction of sp³-hybridized carbons (Fsp3) is 0.800. The van der Waals surface area contributed by atoms with Crippen molar-refractivity contribution in [2.24, 2.45) is 0 Å². The van der Waals surface area contributed by atoms with Crippen LogP contribution in [0.4, 0.5) is 0 Å². The Hall–Kier alpha value is -0.860. The number of carbonyl (C=O) groups excluding carboxylic acids is 2. The maximum absolute atomic E-state index is 11.5. The first-order valence-electron chi connectivity index (χ1n) is 4.91. The standard InChI is InChI=1S/C10H17NO2/c1-4-9(12)8-5-6-10(13)11(8)7(2)3/h7-8H,4-6H2,1-3H3. The van der Waals surface area contributed by atoms with Crippen LogP contribution in [0.3, 0.4) is 0 Å². The summed E-state index contributed by atoms with van der Waals surface area (Å²) in [4.78, 5) is 24.6. The molecule has 1 aliphatic rings. The first-order valence-corrected chi connectivity index (χ1v) is 4.91. The number of hydrogen-bond acceptors (Lipinski definition) is 2. The average molecular weight is 183 g/mol. The zero-order valence-electron chi connectivity index (χ0n) is 8.54. The van der Waals surface area contributed by atoms with E-state index < -0.39 is 0 Å². The zero-order chi connectivity index (χ0) is 10.0. The van der Waals surface area contributed by atoms with Gasteiger partial charge in [-0.05, 0) is 20.3 Å². The molecule has 0 saturated carbocycles. The van der Waals surface area contributed by atoms with E-state index in [9.17, 15) is 9.59 Å². The second kappa shape index (κ2) is 3.90. The third-order valence-corrected chi connectivity index (χ3v) is 2.53. The Bertz CT molecular complexity index is 223. The quantitative estimate of drug-likeness (QED) is 0.662. The molecule has 1 fully saturated rings. The van der Waals surface area contributed by atoms with Gasteiger partial charge < -0.3 is 4.90 Å². The van der Waals surface area contributed by atoms with Crippen molar-refractivity contribution in [3.8, 4) is 0 Å². The first kappa shape index (κ1) is 10.2. The van der Waals surface area contributed by atoms with Gasteiger partial charge in [-0.1, -0.05) is 6.92 Å². The third kappa shape index (κ3) is 1.90. The molecule has 0 bridgehead atoms. The molecule has 1 amide bonds. The molecule has 74 valence electrons. The molecule has 13 heavy (non-hydrogen) atoms. The van der Waals surface area contributed by atoms with Gasteiger partial charge in [-0.15, -0.1) is 0 Å². The lowest BCUT2D eigenvalue weighted by Gasteiger charge is -2.27. The van der Waals surface area contributed by atoms with Crippen LogP contribution in [0.15, 0.2) is 0 Å². The number of amides is 1. The summed E-state index contributed by atoms with van der Waals surface area (Å²) in [5.41, 5.74) is 0. The van der Waals surface area contributed by atoms with Gasteiger partial charge >= 0.3 is 0 Å². The molecule has 1 rings (SSSR count). The molecular weight excluding hydrogens is 166 g/mol. The summed E-state index contributed by atoms with van der Waals surface area (Å²) in [5, 5.41) is 0. The highest BCUT2D eigenvalue weighted by Gasteiger charge is 2.36. The first-order chi connectivity index (χ1) is 6.07. The van der Waals surface area contributed by atoms with Crippen molar-refractivity contribution < 1.29 is 9.59 Å². The lowest BCUT2D eigenvalue weighted by Crippen LogP contribution is -2.42. The normalized spacial score (nSPS) is 22.9. The highest BCUT2D eigenvalue weighted by molar-refractivity contribution is 5.92. The summed E-state index contributed by atoms with van der Waals surface area (Å²) >= 11 is 0. The van der Waals surface area contributed by atoms with Crippen LogP contribution in [0.2, 0.25) is 0 Å². The molecule has 1 atom stereocenters. The Morgan fingerprint density at radius 2 is 2.23 bits per heavy atom. The van der Waals surface area contributed by atoms with Crippen molar-refractivity contribution >= 4 is 11.7 Å². The average Bonchev–Trinajstić information content (AvgIpc) is 2.45. The smallest absolute Gasteiger partial charge is 0.223 e. The molecule has 3 nitrogen and oxygen atoms in total. The Morgan fingerprint density at radius 3 is 2.69 bits per heavy atom. The van der Waals surface area contributed by atoms with E-state index in [0.29, 0.717) is 19.3 Å². The zero-order valence-corrected chi connectivity index (χ0v) is 8.54. The molecule has 1 saturated heterocycles. The predicted octanol–water partition coefficient (Wildman–Crippen LogP) is 1.36. The molecule has 0 N–H and O–H groups in total. The summed E-state index contributed by atoms with van der Waals surface area (Å²) in [6.45, 7) is 5.77. The molecule has 1 heterocycles. The Balaban J connectivity index is 2.75. The number of carbonyl (C=O) groups is 2. The van der Waals surface area contributed by atoms with Crippen molar-refractivity contribution in [3.05, 3.63) is 0 Å². The lowest BCUT2D eigenvalue weighted by molar-refractivity contribution is -0.135. The van der Waals surface area contributed by atoms with Crippen LogP contribution in [-0.4, -0.2) is 28.7 Å². The highest BCUT2D eigenvalue weighted by atomic mass is 16.2. The molecular formula is C10H17NO2. The van der Waals surface area contributed by atoms with Crippen LogP contribution in [0, 0.1) is 0 Å². The molecule has 0 radical (unpaired) electrons. The molecule has 0 aliphatic carbocycles. The van der Waals surface area contributed by atoms with E-state index >= 15 is 0 Å². The van der Waals surface area contributed by atoms with Gasteiger partial charge in [0, 0.05) is 18.9 Å². The monoisotopic (exact) mass is 183 g/mol. The van der Waals surface area contributed by atoms with E-state index in [2.05, 4.69) is 0 Å². The summed E-state index contributed by atoms with van der Waals surface area (Å²) in [6, 6.07) is 0.00741. The minimum atomic E-state index is -0.141. The number of rotatable bonds is 3. The van der Waals surface area contributed by atoms with E-state index in [1.807, 2.05) is 20.8 Å². The summed E-state index contributed by atoms with van der Waals surface area (Å²) < 4.78 is 0. The Kier molecular flexibility index (Phi) is 3.07. The van der Waals surface area contributed by atoms with Crippen molar-refractivity contribution in [1.82, 2.24) is 4.90 Å². The summed E-state index contributed by atoms with van der Waals surface area (Å²) in [6.07, 6.45) is 1.78. The maximum Gasteiger partial charge on any atom is 0.223 e.